The van der Waals surface area contributed by atoms with Crippen LogP contribution in [0.15, 0.2) is 58.2 Å². The van der Waals surface area contributed by atoms with Gasteiger partial charge >= 0.3 is 5.97 Å². The molecule has 0 saturated carbocycles. The third kappa shape index (κ3) is 7.93. The lowest BCUT2D eigenvalue weighted by atomic mass is 9.83. The van der Waals surface area contributed by atoms with Gasteiger partial charge in [0, 0.05) is 39.0 Å². The maximum atomic E-state index is 13.6. The Morgan fingerprint density at radius 2 is 1.64 bits per heavy atom. The number of aliphatic hydroxyl groups is 1. The molecule has 2 atom stereocenters. The fourth-order valence-corrected chi connectivity index (χ4v) is 7.09. The van der Waals surface area contributed by atoms with Crippen LogP contribution >= 0.6 is 11.3 Å². The average Bonchev–Trinajstić information content (AvgIpc) is 2.89. The molecule has 1 aromatic heterocycles. The number of aliphatic carboxylic acids is 1. The van der Waals surface area contributed by atoms with Gasteiger partial charge in [0.15, 0.2) is 11.2 Å². The first-order valence-corrected chi connectivity index (χ1v) is 15.3. The monoisotopic (exact) mass is 570 g/mol. The molecule has 2 unspecified atom stereocenters. The van der Waals surface area contributed by atoms with E-state index in [4.69, 9.17) is 0 Å². The van der Waals surface area contributed by atoms with Gasteiger partial charge in [-0.05, 0) is 81.9 Å². The summed E-state index contributed by atoms with van der Waals surface area (Å²) in [7, 11) is -1.58. The molecule has 0 saturated heterocycles. The van der Waals surface area contributed by atoms with E-state index in [1.807, 2.05) is 24.3 Å². The third-order valence-electron chi connectivity index (χ3n) is 7.53. The van der Waals surface area contributed by atoms with Crippen LogP contribution < -0.4 is 5.43 Å². The number of carbonyl (C=O) groups excluding carboxylic acids is 1. The molecule has 3 rings (SSSR count). The molecule has 1 aromatic carbocycles. The number of aliphatic hydroxyl groups excluding tert-OH is 1. The zero-order valence-corrected chi connectivity index (χ0v) is 24.8. The van der Waals surface area contributed by atoms with E-state index in [-0.39, 0.29) is 23.2 Å². The summed E-state index contributed by atoms with van der Waals surface area (Å²) < 4.78 is 13.6. The van der Waals surface area contributed by atoms with E-state index in [0.717, 1.165) is 41.0 Å². The van der Waals surface area contributed by atoms with E-state index in [1.54, 1.807) is 26.0 Å². The number of carbonyl (C=O) groups is 2. The van der Waals surface area contributed by atoms with Crippen molar-refractivity contribution in [2.45, 2.75) is 72.6 Å². The number of rotatable bonds is 13. The molecule has 8 heteroatoms. The number of aryl methyl sites for hydroxylation is 1. The standard InChI is InChI=1S/C31H38O6S2/c1-5-31(4,20-32)15-8-10-23-16-21(33)18-27(38-23)25-12-6-7-13-26(25)28-19-22(34)17-24(39(28)37)11-9-14-30(2,3)29(35)36/h6-7,12-13,16-19,32H,5,8-11,14-15,20H2,1-4H3,(H,35,36). The van der Waals surface area contributed by atoms with Gasteiger partial charge in [-0.1, -0.05) is 38.1 Å². The molecule has 210 valence electrons. The van der Waals surface area contributed by atoms with Crippen LogP contribution in [0.5, 0.6) is 0 Å². The quantitative estimate of drug-likeness (QED) is 0.291. The highest BCUT2D eigenvalue weighted by Crippen LogP contribution is 2.38. The van der Waals surface area contributed by atoms with Crippen LogP contribution in [0, 0.1) is 10.8 Å². The number of ketones is 1. The Morgan fingerprint density at radius 3 is 2.28 bits per heavy atom. The molecule has 2 heterocycles. The van der Waals surface area contributed by atoms with Gasteiger partial charge < -0.3 is 10.2 Å². The number of allylic oxidation sites excluding steroid dienone is 3. The van der Waals surface area contributed by atoms with Gasteiger partial charge in [-0.25, -0.2) is 4.21 Å². The number of hydrogen-bond acceptors (Lipinski definition) is 6. The zero-order valence-electron chi connectivity index (χ0n) is 23.1. The van der Waals surface area contributed by atoms with Crippen molar-refractivity contribution in [2.75, 3.05) is 6.61 Å². The first kappa shape index (κ1) is 30.9. The van der Waals surface area contributed by atoms with Crippen molar-refractivity contribution in [2.24, 2.45) is 10.8 Å². The molecule has 2 N–H and O–H groups in total. The molecule has 6 nitrogen and oxygen atoms in total. The summed E-state index contributed by atoms with van der Waals surface area (Å²) in [5, 5.41) is 19.1. The Hall–Kier alpha value is -2.68. The molecule has 0 amide bonds. The second-order valence-corrected chi connectivity index (χ2v) is 13.8. The van der Waals surface area contributed by atoms with Crippen molar-refractivity contribution in [3.05, 3.63) is 74.1 Å². The van der Waals surface area contributed by atoms with Crippen LogP contribution in [-0.4, -0.2) is 32.8 Å². The minimum atomic E-state index is -1.58. The predicted octanol–water partition coefficient (Wildman–Crippen LogP) is 6.34. The minimum absolute atomic E-state index is 0.106. The van der Waals surface area contributed by atoms with Crippen molar-refractivity contribution in [1.82, 2.24) is 0 Å². The van der Waals surface area contributed by atoms with Gasteiger partial charge in [-0.15, -0.1) is 11.3 Å². The summed E-state index contributed by atoms with van der Waals surface area (Å²) in [6.45, 7) is 7.58. The normalized spacial score (nSPS) is 17.4. The van der Waals surface area contributed by atoms with Crippen LogP contribution in [0.3, 0.4) is 0 Å². The summed E-state index contributed by atoms with van der Waals surface area (Å²) in [5.41, 5.74) is 0.254. The van der Waals surface area contributed by atoms with Gasteiger partial charge in [0.05, 0.1) is 21.1 Å². The van der Waals surface area contributed by atoms with E-state index in [1.165, 1.54) is 23.5 Å². The Morgan fingerprint density at radius 1 is 0.974 bits per heavy atom. The summed E-state index contributed by atoms with van der Waals surface area (Å²) in [5.74, 6) is -1.14. The Balaban J connectivity index is 1.86. The van der Waals surface area contributed by atoms with Crippen molar-refractivity contribution < 1.29 is 24.0 Å². The van der Waals surface area contributed by atoms with Gasteiger partial charge in [0.25, 0.3) is 0 Å². The van der Waals surface area contributed by atoms with Gasteiger partial charge in [0.2, 0.25) is 0 Å². The van der Waals surface area contributed by atoms with Crippen LogP contribution in [0.2, 0.25) is 0 Å². The first-order valence-electron chi connectivity index (χ1n) is 13.4. The Kier molecular flexibility index (Phi) is 10.4. The first-order chi connectivity index (χ1) is 18.4. The summed E-state index contributed by atoms with van der Waals surface area (Å²) in [6.07, 6.45) is 7.36. The third-order valence-corrected chi connectivity index (χ3v) is 10.2. The predicted molar refractivity (Wildman–Crippen MR) is 159 cm³/mol. The topological polar surface area (TPSA) is 109 Å². The smallest absolute Gasteiger partial charge is 0.309 e. The van der Waals surface area contributed by atoms with Crippen molar-refractivity contribution in [3.8, 4) is 10.4 Å². The second kappa shape index (κ2) is 13.1. The molecule has 0 aliphatic carbocycles. The summed E-state index contributed by atoms with van der Waals surface area (Å²) in [4.78, 5) is 39.3. The molecule has 1 aliphatic rings. The van der Waals surface area contributed by atoms with Crippen LogP contribution in [0.1, 0.15) is 76.7 Å². The molecular weight excluding hydrogens is 532 g/mol. The molecule has 0 bridgehead atoms. The van der Waals surface area contributed by atoms with Crippen LogP contribution in [-0.2, 0) is 26.8 Å². The molecule has 39 heavy (non-hydrogen) atoms. The Labute approximate surface area is 237 Å². The molecule has 0 radical (unpaired) electrons. The lowest BCUT2D eigenvalue weighted by Crippen LogP contribution is -2.23. The SMILES string of the molecule is CCC(C)(CO)CCCc1cc(=O)cc(-c2ccccc2C2=CC(=O)C=C(CCCC(C)(C)C(=O)O)S2=O)s1. The van der Waals surface area contributed by atoms with Crippen molar-refractivity contribution in [1.29, 1.82) is 0 Å². The van der Waals surface area contributed by atoms with Crippen LogP contribution in [0.25, 0.3) is 15.3 Å². The lowest BCUT2D eigenvalue weighted by Gasteiger charge is -2.25. The maximum absolute atomic E-state index is 13.6. The Bertz CT molecular complexity index is 1360. The van der Waals surface area contributed by atoms with Crippen molar-refractivity contribution in [3.63, 3.8) is 0 Å². The lowest BCUT2D eigenvalue weighted by molar-refractivity contribution is -0.147. The van der Waals surface area contributed by atoms with Crippen LogP contribution in [0.4, 0.5) is 0 Å². The van der Waals surface area contributed by atoms with E-state index in [9.17, 15) is 28.8 Å². The average molecular weight is 571 g/mol. The number of carboxylic acids is 1. The number of benzene rings is 1. The van der Waals surface area contributed by atoms with Gasteiger partial charge in [-0.3, -0.25) is 14.4 Å². The summed E-state index contributed by atoms with van der Waals surface area (Å²) >= 11 is 1.51. The molecule has 0 fully saturated rings. The molecular formula is C31H38O6S2. The summed E-state index contributed by atoms with van der Waals surface area (Å²) in [6, 6.07) is 10.6. The molecule has 0 spiro atoms. The second-order valence-electron chi connectivity index (χ2n) is 11.2. The van der Waals surface area contributed by atoms with E-state index in [2.05, 4.69) is 13.8 Å². The van der Waals surface area contributed by atoms with E-state index < -0.39 is 22.2 Å². The minimum Gasteiger partial charge on any atom is -0.481 e. The molecule has 2 aromatic rings. The fraction of sp³-hybridized carbons (Fsp3) is 0.452. The highest BCUT2D eigenvalue weighted by atomic mass is 32.2. The highest BCUT2D eigenvalue weighted by Gasteiger charge is 2.28. The molecule has 1 aliphatic heterocycles. The maximum Gasteiger partial charge on any atom is 0.309 e. The van der Waals surface area contributed by atoms with Gasteiger partial charge in [-0.2, -0.15) is 0 Å². The van der Waals surface area contributed by atoms with E-state index in [0.29, 0.717) is 34.6 Å². The fourth-order valence-electron chi connectivity index (χ4n) is 4.49. The highest BCUT2D eigenvalue weighted by molar-refractivity contribution is 7.98. The largest absolute Gasteiger partial charge is 0.481 e. The van der Waals surface area contributed by atoms with Gasteiger partial charge in [0.1, 0.15) is 0 Å². The zero-order chi connectivity index (χ0) is 28.8. The number of carboxylic acid groups (broad SMARTS) is 1. The van der Waals surface area contributed by atoms with E-state index >= 15 is 0 Å². The van der Waals surface area contributed by atoms with Crippen molar-refractivity contribution >= 4 is 38.8 Å². The number of hydrogen-bond donors (Lipinski definition) is 2.